The van der Waals surface area contributed by atoms with Gasteiger partial charge in [-0.1, -0.05) is 30.3 Å². The topological polar surface area (TPSA) is 99.5 Å². The van der Waals surface area contributed by atoms with Crippen LogP contribution in [0.1, 0.15) is 0 Å². The van der Waals surface area contributed by atoms with Gasteiger partial charge >= 0.3 is 5.97 Å². The normalized spacial score (nSPS) is 10.5. The number of nitrogens with one attached hydrogen (secondary N) is 1. The van der Waals surface area contributed by atoms with Gasteiger partial charge in [-0.3, -0.25) is 19.0 Å². The van der Waals surface area contributed by atoms with Crippen molar-refractivity contribution < 1.29 is 19.1 Å². The highest BCUT2D eigenvalue weighted by atomic mass is 16.5. The van der Waals surface area contributed by atoms with Crippen LogP contribution in [0.4, 0.5) is 5.69 Å². The summed E-state index contributed by atoms with van der Waals surface area (Å²) in [6.45, 7) is -0.813. The zero-order valence-electron chi connectivity index (χ0n) is 16.9. The average Bonchev–Trinajstić information content (AvgIpc) is 2.82. The van der Waals surface area contributed by atoms with Gasteiger partial charge in [0.15, 0.2) is 6.61 Å². The fourth-order valence-corrected chi connectivity index (χ4v) is 2.98. The van der Waals surface area contributed by atoms with Gasteiger partial charge in [0.1, 0.15) is 18.0 Å². The zero-order chi connectivity index (χ0) is 22.3. The Morgan fingerprint density at radius 1 is 0.875 bits per heavy atom. The first-order valence-corrected chi connectivity index (χ1v) is 9.81. The SMILES string of the molecule is O=C(COC(=O)Cn1cnc2ccccc2c1=O)Nc1ccc(Oc2ccccc2)cc1. The van der Waals surface area contributed by atoms with Crippen LogP contribution in [0.15, 0.2) is 90.0 Å². The summed E-state index contributed by atoms with van der Waals surface area (Å²) in [5.41, 5.74) is 0.720. The van der Waals surface area contributed by atoms with E-state index in [1.54, 1.807) is 48.5 Å². The van der Waals surface area contributed by atoms with Crippen LogP contribution in [0.2, 0.25) is 0 Å². The maximum Gasteiger partial charge on any atom is 0.326 e. The van der Waals surface area contributed by atoms with Gasteiger partial charge in [-0.05, 0) is 48.5 Å². The fourth-order valence-electron chi connectivity index (χ4n) is 2.98. The molecule has 0 aliphatic carbocycles. The van der Waals surface area contributed by atoms with E-state index in [0.717, 1.165) is 4.57 Å². The van der Waals surface area contributed by atoms with E-state index in [-0.39, 0.29) is 12.1 Å². The summed E-state index contributed by atoms with van der Waals surface area (Å²) in [7, 11) is 0. The number of carbonyl (C=O) groups is 2. The molecule has 0 atom stereocenters. The third kappa shape index (κ3) is 5.17. The van der Waals surface area contributed by atoms with Gasteiger partial charge in [0.05, 0.1) is 17.2 Å². The molecule has 4 aromatic rings. The van der Waals surface area contributed by atoms with Crippen molar-refractivity contribution in [1.82, 2.24) is 9.55 Å². The molecule has 3 aromatic carbocycles. The van der Waals surface area contributed by atoms with E-state index in [2.05, 4.69) is 10.3 Å². The molecule has 0 spiro atoms. The number of nitrogens with zero attached hydrogens (tertiary/aromatic N) is 2. The van der Waals surface area contributed by atoms with Crippen LogP contribution in [0, 0.1) is 0 Å². The standard InChI is InChI=1S/C24H19N3O5/c28-22(26-17-10-12-19(13-11-17)32-18-6-2-1-3-7-18)15-31-23(29)14-27-16-25-21-9-5-4-8-20(21)24(27)30/h1-13,16H,14-15H2,(H,26,28). The van der Waals surface area contributed by atoms with Gasteiger partial charge in [-0.15, -0.1) is 0 Å². The molecule has 8 heteroatoms. The lowest BCUT2D eigenvalue weighted by molar-refractivity contribution is -0.147. The van der Waals surface area contributed by atoms with Crippen LogP contribution in [-0.4, -0.2) is 28.0 Å². The van der Waals surface area contributed by atoms with E-state index in [1.807, 2.05) is 30.3 Å². The quantitative estimate of drug-likeness (QED) is 0.452. The van der Waals surface area contributed by atoms with Gasteiger partial charge in [0.25, 0.3) is 11.5 Å². The Bertz CT molecular complexity index is 1300. The zero-order valence-corrected chi connectivity index (χ0v) is 16.9. The number of benzene rings is 3. The predicted molar refractivity (Wildman–Crippen MR) is 119 cm³/mol. The second-order valence-electron chi connectivity index (χ2n) is 6.84. The van der Waals surface area contributed by atoms with Crippen LogP contribution < -0.4 is 15.6 Å². The number of esters is 1. The third-order valence-corrected chi connectivity index (χ3v) is 4.51. The summed E-state index contributed by atoms with van der Waals surface area (Å²) in [5, 5.41) is 3.04. The molecule has 1 aromatic heterocycles. The number of ether oxygens (including phenoxy) is 2. The minimum atomic E-state index is -0.717. The van der Waals surface area contributed by atoms with Crippen molar-refractivity contribution in [3.63, 3.8) is 0 Å². The molecule has 0 aliphatic rings. The van der Waals surface area contributed by atoms with Gasteiger partial charge in [0, 0.05) is 5.69 Å². The maximum absolute atomic E-state index is 12.4. The van der Waals surface area contributed by atoms with E-state index < -0.39 is 18.5 Å². The first-order valence-electron chi connectivity index (χ1n) is 9.81. The number of hydrogen-bond donors (Lipinski definition) is 1. The fraction of sp³-hybridized carbons (Fsp3) is 0.0833. The summed E-state index contributed by atoms with van der Waals surface area (Å²) in [6.07, 6.45) is 1.28. The number of para-hydroxylation sites is 2. The van der Waals surface area contributed by atoms with Gasteiger partial charge in [-0.2, -0.15) is 0 Å². The summed E-state index contributed by atoms with van der Waals surface area (Å²) in [5.74, 6) is 0.108. The Balaban J connectivity index is 1.28. The van der Waals surface area contributed by atoms with Gasteiger partial charge in [0.2, 0.25) is 0 Å². The number of carbonyl (C=O) groups excluding carboxylic acids is 2. The highest BCUT2D eigenvalue weighted by Crippen LogP contribution is 2.22. The third-order valence-electron chi connectivity index (χ3n) is 4.51. The lowest BCUT2D eigenvalue weighted by atomic mass is 10.2. The number of aromatic nitrogens is 2. The van der Waals surface area contributed by atoms with Crippen molar-refractivity contribution in [2.45, 2.75) is 6.54 Å². The van der Waals surface area contributed by atoms with E-state index in [1.165, 1.54) is 6.33 Å². The van der Waals surface area contributed by atoms with Crippen molar-refractivity contribution in [2.75, 3.05) is 11.9 Å². The molecule has 0 bridgehead atoms. The summed E-state index contributed by atoms with van der Waals surface area (Å²) in [4.78, 5) is 40.7. The number of anilines is 1. The first-order chi connectivity index (χ1) is 15.6. The number of hydrogen-bond acceptors (Lipinski definition) is 6. The Hall–Kier alpha value is -4.46. The number of amides is 1. The molecule has 1 amide bonds. The average molecular weight is 429 g/mol. The molecular formula is C24H19N3O5. The minimum Gasteiger partial charge on any atom is -0.457 e. The van der Waals surface area contributed by atoms with Crippen molar-refractivity contribution >= 4 is 28.5 Å². The predicted octanol–water partition coefficient (Wildman–Crippen LogP) is 3.37. The lowest BCUT2D eigenvalue weighted by Crippen LogP contribution is -2.28. The van der Waals surface area contributed by atoms with Crippen molar-refractivity contribution in [3.05, 3.63) is 95.5 Å². The molecule has 0 saturated carbocycles. The molecule has 0 unspecified atom stereocenters. The molecule has 1 heterocycles. The smallest absolute Gasteiger partial charge is 0.326 e. The Labute approximate surface area is 183 Å². The number of rotatable bonds is 7. The van der Waals surface area contributed by atoms with E-state index in [4.69, 9.17) is 9.47 Å². The molecular weight excluding hydrogens is 410 g/mol. The Morgan fingerprint density at radius 2 is 1.56 bits per heavy atom. The second-order valence-corrected chi connectivity index (χ2v) is 6.84. The van der Waals surface area contributed by atoms with E-state index in [9.17, 15) is 14.4 Å². The summed E-state index contributed by atoms with van der Waals surface area (Å²) in [6, 6.07) is 23.0. The molecule has 32 heavy (non-hydrogen) atoms. The largest absolute Gasteiger partial charge is 0.457 e. The van der Waals surface area contributed by atoms with Gasteiger partial charge < -0.3 is 14.8 Å². The van der Waals surface area contributed by atoms with Crippen molar-refractivity contribution in [3.8, 4) is 11.5 Å². The maximum atomic E-state index is 12.4. The molecule has 160 valence electrons. The van der Waals surface area contributed by atoms with Crippen LogP contribution in [0.3, 0.4) is 0 Å². The van der Waals surface area contributed by atoms with Crippen molar-refractivity contribution in [1.29, 1.82) is 0 Å². The highest BCUT2D eigenvalue weighted by molar-refractivity contribution is 5.92. The van der Waals surface area contributed by atoms with Crippen molar-refractivity contribution in [2.24, 2.45) is 0 Å². The summed E-state index contributed by atoms with van der Waals surface area (Å²) >= 11 is 0. The second kappa shape index (κ2) is 9.57. The Morgan fingerprint density at radius 3 is 2.34 bits per heavy atom. The summed E-state index contributed by atoms with van der Waals surface area (Å²) < 4.78 is 11.8. The molecule has 0 saturated heterocycles. The van der Waals surface area contributed by atoms with E-state index in [0.29, 0.717) is 28.1 Å². The van der Waals surface area contributed by atoms with Crippen LogP contribution in [0.25, 0.3) is 10.9 Å². The molecule has 0 aliphatic heterocycles. The lowest BCUT2D eigenvalue weighted by Gasteiger charge is -2.09. The minimum absolute atomic E-state index is 0.338. The molecule has 8 nitrogen and oxygen atoms in total. The van der Waals surface area contributed by atoms with Crippen LogP contribution in [-0.2, 0) is 20.9 Å². The first kappa shape index (κ1) is 20.8. The van der Waals surface area contributed by atoms with Crippen LogP contribution >= 0.6 is 0 Å². The van der Waals surface area contributed by atoms with Crippen LogP contribution in [0.5, 0.6) is 11.5 Å². The monoisotopic (exact) mass is 429 g/mol. The molecule has 0 radical (unpaired) electrons. The molecule has 4 rings (SSSR count). The molecule has 1 N–H and O–H groups in total. The molecule has 0 fully saturated rings. The number of fused-ring (bicyclic) bond motifs is 1. The van der Waals surface area contributed by atoms with Gasteiger partial charge in [-0.25, -0.2) is 4.98 Å². The van der Waals surface area contributed by atoms with E-state index >= 15 is 0 Å². The Kier molecular flexibility index (Phi) is 6.22. The highest BCUT2D eigenvalue weighted by Gasteiger charge is 2.11.